The fourth-order valence-corrected chi connectivity index (χ4v) is 2.48. The fourth-order valence-electron chi connectivity index (χ4n) is 1.96. The van der Waals surface area contributed by atoms with E-state index in [4.69, 9.17) is 10.5 Å². The van der Waals surface area contributed by atoms with Gasteiger partial charge in [0.15, 0.2) is 5.78 Å². The van der Waals surface area contributed by atoms with E-state index in [0.717, 1.165) is 5.56 Å². The fraction of sp³-hybridized carbons (Fsp3) is 0.286. The summed E-state index contributed by atoms with van der Waals surface area (Å²) in [5.74, 6) is -0.00363. The van der Waals surface area contributed by atoms with Gasteiger partial charge in [0.25, 0.3) is 0 Å². The molecule has 2 N–H and O–H groups in total. The van der Waals surface area contributed by atoms with Crippen LogP contribution in [0, 0.1) is 0 Å². The van der Waals surface area contributed by atoms with E-state index < -0.39 is 0 Å². The first-order chi connectivity index (χ1) is 9.61. The molecule has 0 aliphatic heterocycles. The Labute approximate surface area is 125 Å². The highest BCUT2D eigenvalue weighted by Crippen LogP contribution is 2.19. The zero-order chi connectivity index (χ0) is 14.5. The van der Waals surface area contributed by atoms with Crippen LogP contribution in [-0.4, -0.2) is 29.3 Å². The highest BCUT2D eigenvalue weighted by molar-refractivity contribution is 9.10. The van der Waals surface area contributed by atoms with Gasteiger partial charge < -0.3 is 10.5 Å². The lowest BCUT2D eigenvalue weighted by molar-refractivity contribution is 0.0978. The van der Waals surface area contributed by atoms with Crippen LogP contribution < -0.4 is 5.73 Å². The monoisotopic (exact) mass is 337 g/mol. The Morgan fingerprint density at radius 1 is 1.50 bits per heavy atom. The standard InChI is InChI=1S/C14H16BrN3O2/c1-20-6-5-18-14(12(15)9-17-18)13(19)8-10-3-2-4-11(16)7-10/h2-4,7,9H,5-6,8,16H2,1H3. The normalized spacial score (nSPS) is 10.7. The van der Waals surface area contributed by atoms with Crippen molar-refractivity contribution >= 4 is 27.4 Å². The van der Waals surface area contributed by atoms with E-state index in [2.05, 4.69) is 21.0 Å². The second kappa shape index (κ2) is 6.67. The molecule has 20 heavy (non-hydrogen) atoms. The van der Waals surface area contributed by atoms with Crippen molar-refractivity contribution in [3.63, 3.8) is 0 Å². The number of nitrogens with two attached hydrogens (primary N) is 1. The van der Waals surface area contributed by atoms with Crippen molar-refractivity contribution in [3.05, 3.63) is 46.2 Å². The number of aromatic nitrogens is 2. The Hall–Kier alpha value is -1.66. The molecule has 0 saturated carbocycles. The largest absolute Gasteiger partial charge is 0.399 e. The zero-order valence-corrected chi connectivity index (χ0v) is 12.8. The Bertz CT molecular complexity index is 610. The third-order valence-electron chi connectivity index (χ3n) is 2.88. The van der Waals surface area contributed by atoms with Crippen LogP contribution in [0.2, 0.25) is 0 Å². The number of ketones is 1. The third-order valence-corrected chi connectivity index (χ3v) is 3.46. The number of carbonyl (C=O) groups is 1. The van der Waals surface area contributed by atoms with Gasteiger partial charge in [0, 0.05) is 19.2 Å². The molecule has 1 aromatic carbocycles. The number of benzene rings is 1. The molecule has 5 nitrogen and oxygen atoms in total. The Morgan fingerprint density at radius 2 is 2.30 bits per heavy atom. The SMILES string of the molecule is COCCn1ncc(Br)c1C(=O)Cc1cccc(N)c1. The predicted octanol–water partition coefficient (Wildman–Crippen LogP) is 2.30. The molecule has 6 heteroatoms. The summed E-state index contributed by atoms with van der Waals surface area (Å²) in [5, 5.41) is 4.18. The van der Waals surface area contributed by atoms with Crippen LogP contribution in [-0.2, 0) is 17.7 Å². The van der Waals surface area contributed by atoms with E-state index in [9.17, 15) is 4.79 Å². The summed E-state index contributed by atoms with van der Waals surface area (Å²) in [4.78, 5) is 12.4. The van der Waals surface area contributed by atoms with Gasteiger partial charge in [-0.05, 0) is 33.6 Å². The van der Waals surface area contributed by atoms with Crippen molar-refractivity contribution in [1.29, 1.82) is 0 Å². The molecule has 0 radical (unpaired) electrons. The summed E-state index contributed by atoms with van der Waals surface area (Å²) in [6, 6.07) is 7.33. The minimum absolute atomic E-state index is 0.00363. The number of ether oxygens (including phenoxy) is 1. The van der Waals surface area contributed by atoms with Gasteiger partial charge in [0.05, 0.1) is 23.8 Å². The molecule has 0 aliphatic rings. The predicted molar refractivity (Wildman–Crippen MR) is 80.7 cm³/mol. The first-order valence-corrected chi connectivity index (χ1v) is 6.99. The van der Waals surface area contributed by atoms with Crippen LogP contribution in [0.1, 0.15) is 16.1 Å². The summed E-state index contributed by atoms with van der Waals surface area (Å²) in [6.07, 6.45) is 1.92. The summed E-state index contributed by atoms with van der Waals surface area (Å²) in [5.41, 5.74) is 7.83. The Balaban J connectivity index is 2.18. The van der Waals surface area contributed by atoms with Crippen molar-refractivity contribution in [1.82, 2.24) is 9.78 Å². The topological polar surface area (TPSA) is 70.1 Å². The summed E-state index contributed by atoms with van der Waals surface area (Å²) in [7, 11) is 1.62. The number of hydrogen-bond acceptors (Lipinski definition) is 4. The number of nitrogen functional groups attached to an aromatic ring is 1. The molecule has 0 unspecified atom stereocenters. The maximum atomic E-state index is 12.4. The molecule has 0 aliphatic carbocycles. The highest BCUT2D eigenvalue weighted by atomic mass is 79.9. The molecule has 1 heterocycles. The molecule has 0 atom stereocenters. The molecule has 0 bridgehead atoms. The average molecular weight is 338 g/mol. The second-order valence-corrected chi connectivity index (χ2v) is 5.26. The molecular weight excluding hydrogens is 322 g/mol. The quantitative estimate of drug-likeness (QED) is 0.648. The lowest BCUT2D eigenvalue weighted by atomic mass is 10.1. The molecule has 0 saturated heterocycles. The number of nitrogens with zero attached hydrogens (tertiary/aromatic N) is 2. The van der Waals surface area contributed by atoms with Crippen LogP contribution in [0.25, 0.3) is 0 Å². The zero-order valence-electron chi connectivity index (χ0n) is 11.2. The molecular formula is C14H16BrN3O2. The molecule has 106 valence electrons. The van der Waals surface area contributed by atoms with E-state index >= 15 is 0 Å². The summed E-state index contributed by atoms with van der Waals surface area (Å²) < 4.78 is 7.37. The molecule has 2 aromatic rings. The average Bonchev–Trinajstić information content (AvgIpc) is 2.77. The molecule has 0 spiro atoms. The number of rotatable bonds is 6. The molecule has 1 aromatic heterocycles. The second-order valence-electron chi connectivity index (χ2n) is 4.40. The van der Waals surface area contributed by atoms with Crippen molar-refractivity contribution in [2.75, 3.05) is 19.5 Å². The van der Waals surface area contributed by atoms with Gasteiger partial charge in [0.1, 0.15) is 5.69 Å². The number of hydrogen-bond donors (Lipinski definition) is 1. The maximum absolute atomic E-state index is 12.4. The smallest absolute Gasteiger partial charge is 0.186 e. The van der Waals surface area contributed by atoms with Crippen molar-refractivity contribution in [2.24, 2.45) is 0 Å². The number of methoxy groups -OCH3 is 1. The highest BCUT2D eigenvalue weighted by Gasteiger charge is 2.17. The first kappa shape index (κ1) is 14.7. The van der Waals surface area contributed by atoms with E-state index in [1.54, 1.807) is 24.1 Å². The van der Waals surface area contributed by atoms with Gasteiger partial charge >= 0.3 is 0 Å². The van der Waals surface area contributed by atoms with Crippen molar-refractivity contribution in [3.8, 4) is 0 Å². The third kappa shape index (κ3) is 3.46. The summed E-state index contributed by atoms with van der Waals surface area (Å²) >= 11 is 3.37. The number of Topliss-reactive ketones (excluding diaryl/α,β-unsaturated/α-hetero) is 1. The Morgan fingerprint density at radius 3 is 3.00 bits per heavy atom. The van der Waals surface area contributed by atoms with Gasteiger partial charge in [-0.3, -0.25) is 9.48 Å². The van der Waals surface area contributed by atoms with Gasteiger partial charge in [-0.2, -0.15) is 5.10 Å². The van der Waals surface area contributed by atoms with E-state index in [0.29, 0.717) is 35.4 Å². The van der Waals surface area contributed by atoms with Crippen LogP contribution in [0.15, 0.2) is 34.9 Å². The van der Waals surface area contributed by atoms with Crippen LogP contribution in [0.4, 0.5) is 5.69 Å². The first-order valence-electron chi connectivity index (χ1n) is 6.19. The minimum atomic E-state index is -0.00363. The summed E-state index contributed by atoms with van der Waals surface area (Å²) in [6.45, 7) is 1.05. The molecule has 2 rings (SSSR count). The van der Waals surface area contributed by atoms with Gasteiger partial charge in [-0.1, -0.05) is 12.1 Å². The van der Waals surface area contributed by atoms with E-state index in [-0.39, 0.29) is 5.78 Å². The van der Waals surface area contributed by atoms with E-state index in [1.807, 2.05) is 18.2 Å². The van der Waals surface area contributed by atoms with Gasteiger partial charge in [-0.15, -0.1) is 0 Å². The number of halogens is 1. The lowest BCUT2D eigenvalue weighted by Crippen LogP contribution is -2.15. The number of carbonyl (C=O) groups excluding carboxylic acids is 1. The van der Waals surface area contributed by atoms with Crippen molar-refractivity contribution in [2.45, 2.75) is 13.0 Å². The van der Waals surface area contributed by atoms with E-state index in [1.165, 1.54) is 0 Å². The minimum Gasteiger partial charge on any atom is -0.399 e. The number of anilines is 1. The van der Waals surface area contributed by atoms with Crippen LogP contribution in [0.3, 0.4) is 0 Å². The lowest BCUT2D eigenvalue weighted by Gasteiger charge is -2.07. The van der Waals surface area contributed by atoms with Crippen LogP contribution >= 0.6 is 15.9 Å². The molecule has 0 fully saturated rings. The van der Waals surface area contributed by atoms with Crippen molar-refractivity contribution < 1.29 is 9.53 Å². The Kier molecular flexibility index (Phi) is 4.92. The maximum Gasteiger partial charge on any atom is 0.186 e. The van der Waals surface area contributed by atoms with Gasteiger partial charge in [0.2, 0.25) is 0 Å². The van der Waals surface area contributed by atoms with Crippen LogP contribution in [0.5, 0.6) is 0 Å². The molecule has 0 amide bonds. The van der Waals surface area contributed by atoms with Gasteiger partial charge in [-0.25, -0.2) is 0 Å².